The van der Waals surface area contributed by atoms with E-state index in [9.17, 15) is 4.79 Å². The quantitative estimate of drug-likeness (QED) is 0.192. The van der Waals surface area contributed by atoms with Crippen molar-refractivity contribution < 1.29 is 23.4 Å². The second-order valence-corrected chi connectivity index (χ2v) is 11.6. The molecule has 0 spiro atoms. The van der Waals surface area contributed by atoms with Crippen molar-refractivity contribution in [2.45, 2.75) is 37.5 Å². The molecule has 2 aromatic carbocycles. The number of oxazole rings is 1. The lowest BCUT2D eigenvalue weighted by Crippen LogP contribution is -2.29. The highest BCUT2D eigenvalue weighted by molar-refractivity contribution is 6.34. The second kappa shape index (κ2) is 11.5. The van der Waals surface area contributed by atoms with Crippen LogP contribution < -0.4 is 19.5 Å². The summed E-state index contributed by atoms with van der Waals surface area (Å²) in [6, 6.07) is 17.3. The highest BCUT2D eigenvalue weighted by atomic mass is 35.5. The van der Waals surface area contributed by atoms with Gasteiger partial charge in [-0.05, 0) is 42.7 Å². The Morgan fingerprint density at radius 3 is 2.66 bits per heavy atom. The topological polar surface area (TPSA) is 109 Å². The fourth-order valence-electron chi connectivity index (χ4n) is 5.68. The van der Waals surface area contributed by atoms with Gasteiger partial charge < -0.3 is 23.9 Å². The normalized spacial score (nSPS) is 16.3. The van der Waals surface area contributed by atoms with Crippen LogP contribution in [0.3, 0.4) is 0 Å². The van der Waals surface area contributed by atoms with Crippen LogP contribution in [0.1, 0.15) is 70.6 Å². The molecule has 1 saturated carbocycles. The van der Waals surface area contributed by atoms with Gasteiger partial charge in [-0.3, -0.25) is 4.79 Å². The lowest BCUT2D eigenvalue weighted by Gasteiger charge is -2.21. The molecule has 224 valence electrons. The van der Waals surface area contributed by atoms with Crippen LogP contribution in [0.15, 0.2) is 65.2 Å². The van der Waals surface area contributed by atoms with E-state index in [2.05, 4.69) is 28.3 Å². The largest absolute Gasteiger partial charge is 0.494 e. The van der Waals surface area contributed by atoms with Crippen LogP contribution in [0.25, 0.3) is 22.4 Å². The van der Waals surface area contributed by atoms with Crippen molar-refractivity contribution in [2.75, 3.05) is 27.4 Å². The number of rotatable bonds is 9. The minimum absolute atomic E-state index is 0.153. The van der Waals surface area contributed by atoms with Gasteiger partial charge in [0.15, 0.2) is 17.0 Å². The van der Waals surface area contributed by atoms with Crippen LogP contribution in [0.4, 0.5) is 0 Å². The average molecular weight is 611 g/mol. The summed E-state index contributed by atoms with van der Waals surface area (Å²) >= 11 is 6.73. The second-order valence-electron chi connectivity index (χ2n) is 11.2. The fraction of sp³-hybridized carbons (Fsp3) is 0.294. The molecule has 3 aromatic heterocycles. The van der Waals surface area contributed by atoms with Crippen molar-refractivity contribution in [2.24, 2.45) is 0 Å². The monoisotopic (exact) mass is 610 g/mol. The van der Waals surface area contributed by atoms with E-state index < -0.39 is 0 Å². The standard InChI is InChI=1S/C34H31ClN4O5/c1-18-17-43-31-23(18)15-25(38-29(31)22-11-12-36-34(42-3)28(22)35)24(19-7-5-4-6-8-19)16-37-32(40)21-13-26(41-2)30-27(14-21)44-33(39-30)20-9-10-20/h4-8,11-15,18,20,24H,9-10,16-17H2,1-3H3,(H,37,40)/t18-,24+/m1/s1. The smallest absolute Gasteiger partial charge is 0.251 e. The number of hydrogen-bond donors (Lipinski definition) is 1. The van der Waals surface area contributed by atoms with Gasteiger partial charge in [0.2, 0.25) is 5.88 Å². The van der Waals surface area contributed by atoms with Crippen molar-refractivity contribution in [3.8, 4) is 28.6 Å². The Morgan fingerprint density at radius 1 is 1.09 bits per heavy atom. The Balaban J connectivity index is 1.26. The van der Waals surface area contributed by atoms with Gasteiger partial charge in [0.05, 0.1) is 26.5 Å². The summed E-state index contributed by atoms with van der Waals surface area (Å²) in [4.78, 5) is 27.6. The number of hydrogen-bond acceptors (Lipinski definition) is 8. The SMILES string of the molecule is COc1nccc(-c2nc([C@@H](CNC(=O)c3cc(OC)c4nc(C5CC5)oc4c3)c3ccccc3)cc3c2OC[C@H]3C)c1Cl. The molecule has 0 radical (unpaired) electrons. The lowest BCUT2D eigenvalue weighted by atomic mass is 9.91. The molecule has 7 rings (SSSR count). The van der Waals surface area contributed by atoms with Crippen LogP contribution >= 0.6 is 11.6 Å². The van der Waals surface area contributed by atoms with E-state index in [4.69, 9.17) is 35.2 Å². The van der Waals surface area contributed by atoms with Crippen LogP contribution in [0.2, 0.25) is 5.02 Å². The summed E-state index contributed by atoms with van der Waals surface area (Å²) in [5.74, 6) is 2.19. The summed E-state index contributed by atoms with van der Waals surface area (Å²) in [5.41, 5.74) is 5.72. The predicted octanol–water partition coefficient (Wildman–Crippen LogP) is 6.89. The summed E-state index contributed by atoms with van der Waals surface area (Å²) in [5, 5.41) is 3.50. The molecule has 44 heavy (non-hydrogen) atoms. The molecule has 1 amide bonds. The summed E-state index contributed by atoms with van der Waals surface area (Å²) in [6.45, 7) is 2.95. The lowest BCUT2D eigenvalue weighted by molar-refractivity contribution is 0.0952. The van der Waals surface area contributed by atoms with Gasteiger partial charge in [-0.1, -0.05) is 48.9 Å². The molecule has 0 saturated heterocycles. The van der Waals surface area contributed by atoms with Gasteiger partial charge >= 0.3 is 0 Å². The van der Waals surface area contributed by atoms with Crippen LogP contribution in [-0.2, 0) is 0 Å². The first-order valence-corrected chi connectivity index (χ1v) is 15.0. The summed E-state index contributed by atoms with van der Waals surface area (Å²) < 4.78 is 23.1. The zero-order chi connectivity index (χ0) is 30.4. The molecule has 0 bridgehead atoms. The molecular weight excluding hydrogens is 580 g/mol. The molecule has 1 aliphatic heterocycles. The molecule has 4 heterocycles. The first-order valence-electron chi connectivity index (χ1n) is 14.6. The minimum atomic E-state index is -0.267. The third-order valence-corrected chi connectivity index (χ3v) is 8.61. The number of benzene rings is 2. The fourth-order valence-corrected chi connectivity index (χ4v) is 5.96. The molecule has 2 aliphatic rings. The molecule has 1 N–H and O–H groups in total. The maximum absolute atomic E-state index is 13.6. The number of halogens is 1. The molecule has 1 fully saturated rings. The van der Waals surface area contributed by atoms with Crippen molar-refractivity contribution >= 4 is 28.6 Å². The van der Waals surface area contributed by atoms with Crippen LogP contribution in [-0.4, -0.2) is 48.2 Å². The molecule has 1 aliphatic carbocycles. The zero-order valence-corrected chi connectivity index (χ0v) is 25.4. The number of ether oxygens (including phenoxy) is 3. The maximum Gasteiger partial charge on any atom is 0.251 e. The molecule has 5 aromatic rings. The number of pyridine rings is 2. The number of fused-ring (bicyclic) bond motifs is 2. The van der Waals surface area contributed by atoms with Crippen molar-refractivity contribution in [1.82, 2.24) is 20.3 Å². The Morgan fingerprint density at radius 2 is 1.91 bits per heavy atom. The van der Waals surface area contributed by atoms with E-state index >= 15 is 0 Å². The molecular formula is C34H31ClN4O5. The van der Waals surface area contributed by atoms with Crippen molar-refractivity contribution in [3.05, 3.63) is 94.1 Å². The number of carbonyl (C=O) groups is 1. The zero-order valence-electron chi connectivity index (χ0n) is 24.6. The van der Waals surface area contributed by atoms with E-state index in [1.807, 2.05) is 36.4 Å². The third-order valence-electron chi connectivity index (χ3n) is 8.25. The Labute approximate surface area is 259 Å². The van der Waals surface area contributed by atoms with Gasteiger partial charge in [-0.2, -0.15) is 0 Å². The molecule has 9 nitrogen and oxygen atoms in total. The minimum Gasteiger partial charge on any atom is -0.494 e. The number of methoxy groups -OCH3 is 2. The van der Waals surface area contributed by atoms with Gasteiger partial charge in [-0.25, -0.2) is 15.0 Å². The number of aromatic nitrogens is 3. The molecule has 0 unspecified atom stereocenters. The van der Waals surface area contributed by atoms with Gasteiger partial charge in [-0.15, -0.1) is 0 Å². The van der Waals surface area contributed by atoms with Gasteiger partial charge in [0, 0.05) is 47.2 Å². The predicted molar refractivity (Wildman–Crippen MR) is 166 cm³/mol. The summed E-state index contributed by atoms with van der Waals surface area (Å²) in [7, 11) is 3.10. The molecule has 10 heteroatoms. The Kier molecular flexibility index (Phi) is 7.34. The average Bonchev–Trinajstić information content (AvgIpc) is 3.71. The maximum atomic E-state index is 13.6. The third kappa shape index (κ3) is 5.11. The van der Waals surface area contributed by atoms with Crippen molar-refractivity contribution in [3.63, 3.8) is 0 Å². The Hall–Kier alpha value is -4.63. The number of nitrogens with one attached hydrogen (secondary N) is 1. The van der Waals surface area contributed by atoms with E-state index in [-0.39, 0.29) is 17.7 Å². The number of nitrogens with zero attached hydrogens (tertiary/aromatic N) is 3. The molecule has 2 atom stereocenters. The van der Waals surface area contributed by atoms with Gasteiger partial charge in [0.25, 0.3) is 5.91 Å². The van der Waals surface area contributed by atoms with Crippen LogP contribution in [0.5, 0.6) is 17.4 Å². The van der Waals surface area contributed by atoms with E-state index in [0.29, 0.717) is 75.3 Å². The Bertz CT molecular complexity index is 1870. The first-order chi connectivity index (χ1) is 21.4. The highest BCUT2D eigenvalue weighted by Gasteiger charge is 2.31. The van der Waals surface area contributed by atoms with E-state index in [1.165, 1.54) is 7.11 Å². The first kappa shape index (κ1) is 28.2. The number of carbonyl (C=O) groups excluding carboxylic acids is 1. The van der Waals surface area contributed by atoms with E-state index in [1.54, 1.807) is 25.4 Å². The number of amides is 1. The highest BCUT2D eigenvalue weighted by Crippen LogP contribution is 2.46. The van der Waals surface area contributed by atoms with Gasteiger partial charge in [0.1, 0.15) is 22.2 Å². The summed E-state index contributed by atoms with van der Waals surface area (Å²) in [6.07, 6.45) is 3.77. The van der Waals surface area contributed by atoms with Crippen molar-refractivity contribution in [1.29, 1.82) is 0 Å². The van der Waals surface area contributed by atoms with Crippen LogP contribution in [0, 0.1) is 0 Å². The van der Waals surface area contributed by atoms with E-state index in [0.717, 1.165) is 29.7 Å².